The summed E-state index contributed by atoms with van der Waals surface area (Å²) in [6, 6.07) is 2.20. The van der Waals surface area contributed by atoms with Crippen LogP contribution in [0.4, 0.5) is 18.9 Å². The first-order valence-electron chi connectivity index (χ1n) is 6.31. The van der Waals surface area contributed by atoms with Crippen molar-refractivity contribution < 1.29 is 13.2 Å². The number of hydrogen-bond donors (Lipinski definition) is 1. The van der Waals surface area contributed by atoms with Crippen molar-refractivity contribution in [3.63, 3.8) is 0 Å². The molecule has 1 unspecified atom stereocenters. The molecule has 1 saturated carbocycles. The SMILES string of the molecule is CC1(C)CCCCC1Nc1cc(F)c(F)c(F)c1. The molecule has 0 heterocycles. The average molecular weight is 257 g/mol. The van der Waals surface area contributed by atoms with Crippen molar-refractivity contribution in [3.8, 4) is 0 Å². The number of anilines is 1. The first-order valence-corrected chi connectivity index (χ1v) is 6.31. The summed E-state index contributed by atoms with van der Waals surface area (Å²) in [5, 5.41) is 3.13. The Bertz CT molecular complexity index is 420. The monoisotopic (exact) mass is 257 g/mol. The summed E-state index contributed by atoms with van der Waals surface area (Å²) in [7, 11) is 0. The molecular formula is C14H18F3N. The molecule has 4 heteroatoms. The molecule has 0 radical (unpaired) electrons. The van der Waals surface area contributed by atoms with Crippen molar-refractivity contribution in [2.24, 2.45) is 5.41 Å². The third kappa shape index (κ3) is 2.62. The van der Waals surface area contributed by atoms with Crippen LogP contribution in [0.15, 0.2) is 12.1 Å². The quantitative estimate of drug-likeness (QED) is 0.770. The van der Waals surface area contributed by atoms with Gasteiger partial charge in [-0.15, -0.1) is 0 Å². The molecule has 0 aromatic heterocycles. The van der Waals surface area contributed by atoms with Crippen LogP contribution in [-0.4, -0.2) is 6.04 Å². The minimum atomic E-state index is -1.41. The van der Waals surface area contributed by atoms with Gasteiger partial charge in [-0.3, -0.25) is 0 Å². The van der Waals surface area contributed by atoms with Crippen LogP contribution in [0.5, 0.6) is 0 Å². The maximum atomic E-state index is 13.1. The molecule has 1 fully saturated rings. The minimum Gasteiger partial charge on any atom is -0.382 e. The Balaban J connectivity index is 2.18. The number of halogens is 3. The zero-order valence-electron chi connectivity index (χ0n) is 10.7. The predicted octanol–water partition coefficient (Wildman–Crippen LogP) is 4.48. The lowest BCUT2D eigenvalue weighted by Gasteiger charge is -2.39. The Kier molecular flexibility index (Phi) is 3.55. The highest BCUT2D eigenvalue weighted by Gasteiger charge is 2.32. The van der Waals surface area contributed by atoms with E-state index in [-0.39, 0.29) is 11.5 Å². The molecule has 0 spiro atoms. The zero-order chi connectivity index (χ0) is 13.3. The van der Waals surface area contributed by atoms with E-state index in [9.17, 15) is 13.2 Å². The third-order valence-electron chi connectivity index (χ3n) is 3.83. The Labute approximate surface area is 105 Å². The Morgan fingerprint density at radius 1 is 1.11 bits per heavy atom. The minimum absolute atomic E-state index is 0.0829. The molecule has 1 aliphatic rings. The molecule has 0 bridgehead atoms. The smallest absolute Gasteiger partial charge is 0.194 e. The summed E-state index contributed by atoms with van der Waals surface area (Å²) in [5.74, 6) is -3.71. The lowest BCUT2D eigenvalue weighted by molar-refractivity contribution is 0.217. The molecule has 1 atom stereocenters. The Hall–Kier alpha value is -1.19. The van der Waals surface area contributed by atoms with Crippen LogP contribution >= 0.6 is 0 Å². The van der Waals surface area contributed by atoms with Gasteiger partial charge in [0.25, 0.3) is 0 Å². The highest BCUT2D eigenvalue weighted by atomic mass is 19.2. The molecule has 1 aromatic carbocycles. The molecule has 0 saturated heterocycles. The molecule has 1 nitrogen and oxygen atoms in total. The van der Waals surface area contributed by atoms with Gasteiger partial charge < -0.3 is 5.32 Å². The van der Waals surface area contributed by atoms with E-state index in [1.807, 2.05) is 0 Å². The Morgan fingerprint density at radius 3 is 2.28 bits per heavy atom. The first kappa shape index (κ1) is 13.2. The highest BCUT2D eigenvalue weighted by molar-refractivity contribution is 5.45. The van der Waals surface area contributed by atoms with Gasteiger partial charge in [0.15, 0.2) is 17.5 Å². The van der Waals surface area contributed by atoms with E-state index < -0.39 is 17.5 Å². The van der Waals surface area contributed by atoms with E-state index in [0.717, 1.165) is 31.4 Å². The number of nitrogens with one attached hydrogen (secondary N) is 1. The van der Waals surface area contributed by atoms with Crippen LogP contribution in [0.2, 0.25) is 0 Å². The molecule has 1 aliphatic carbocycles. The number of hydrogen-bond acceptors (Lipinski definition) is 1. The van der Waals surface area contributed by atoms with Crippen LogP contribution in [0.3, 0.4) is 0 Å². The summed E-state index contributed by atoms with van der Waals surface area (Å²) in [6.45, 7) is 4.28. The van der Waals surface area contributed by atoms with E-state index in [4.69, 9.17) is 0 Å². The summed E-state index contributed by atoms with van der Waals surface area (Å²) < 4.78 is 39.1. The largest absolute Gasteiger partial charge is 0.382 e. The standard InChI is InChI=1S/C14H18F3N/c1-14(2)6-4-3-5-12(14)18-9-7-10(15)13(17)11(16)8-9/h7-8,12,18H,3-6H2,1-2H3. The van der Waals surface area contributed by atoms with Crippen molar-refractivity contribution in [1.29, 1.82) is 0 Å². The fourth-order valence-corrected chi connectivity index (χ4v) is 2.60. The van der Waals surface area contributed by atoms with Crippen LogP contribution in [0, 0.1) is 22.9 Å². The van der Waals surface area contributed by atoms with Crippen molar-refractivity contribution in [2.45, 2.75) is 45.6 Å². The molecule has 1 aromatic rings. The second-order valence-electron chi connectivity index (χ2n) is 5.69. The summed E-state index contributed by atoms with van der Waals surface area (Å²) in [5.41, 5.74) is 0.394. The van der Waals surface area contributed by atoms with Gasteiger partial charge in [0.05, 0.1) is 0 Å². The van der Waals surface area contributed by atoms with Crippen molar-refractivity contribution in [3.05, 3.63) is 29.6 Å². The number of rotatable bonds is 2. The van der Waals surface area contributed by atoms with E-state index in [1.54, 1.807) is 0 Å². The maximum Gasteiger partial charge on any atom is 0.194 e. The van der Waals surface area contributed by atoms with E-state index in [2.05, 4.69) is 19.2 Å². The summed E-state index contributed by atoms with van der Waals surface area (Å²) >= 11 is 0. The molecule has 0 amide bonds. The normalized spacial score (nSPS) is 22.8. The van der Waals surface area contributed by atoms with Gasteiger partial charge in [-0.25, -0.2) is 13.2 Å². The third-order valence-corrected chi connectivity index (χ3v) is 3.83. The topological polar surface area (TPSA) is 12.0 Å². The van der Waals surface area contributed by atoms with E-state index in [0.29, 0.717) is 5.69 Å². The fraction of sp³-hybridized carbons (Fsp3) is 0.571. The van der Waals surface area contributed by atoms with Crippen molar-refractivity contribution >= 4 is 5.69 Å². The van der Waals surface area contributed by atoms with Gasteiger partial charge in [0.2, 0.25) is 0 Å². The molecule has 100 valence electrons. The Morgan fingerprint density at radius 2 is 1.72 bits per heavy atom. The van der Waals surface area contributed by atoms with Crippen LogP contribution < -0.4 is 5.32 Å². The van der Waals surface area contributed by atoms with Gasteiger partial charge in [0, 0.05) is 23.9 Å². The lowest BCUT2D eigenvalue weighted by Crippen LogP contribution is -2.38. The van der Waals surface area contributed by atoms with Crippen LogP contribution in [0.1, 0.15) is 39.5 Å². The van der Waals surface area contributed by atoms with Gasteiger partial charge in [0.1, 0.15) is 0 Å². The molecule has 18 heavy (non-hydrogen) atoms. The van der Waals surface area contributed by atoms with Gasteiger partial charge in [-0.1, -0.05) is 26.7 Å². The second kappa shape index (κ2) is 4.82. The maximum absolute atomic E-state index is 13.1. The fourth-order valence-electron chi connectivity index (χ4n) is 2.60. The van der Waals surface area contributed by atoms with Gasteiger partial charge >= 0.3 is 0 Å². The number of benzene rings is 1. The second-order valence-corrected chi connectivity index (χ2v) is 5.69. The lowest BCUT2D eigenvalue weighted by atomic mass is 9.73. The highest BCUT2D eigenvalue weighted by Crippen LogP contribution is 2.37. The van der Waals surface area contributed by atoms with Gasteiger partial charge in [-0.2, -0.15) is 0 Å². The average Bonchev–Trinajstić information content (AvgIpc) is 2.28. The summed E-state index contributed by atoms with van der Waals surface area (Å²) in [6.07, 6.45) is 4.33. The van der Waals surface area contributed by atoms with E-state index >= 15 is 0 Å². The molecule has 1 N–H and O–H groups in total. The molecule has 0 aliphatic heterocycles. The van der Waals surface area contributed by atoms with Crippen LogP contribution in [-0.2, 0) is 0 Å². The van der Waals surface area contributed by atoms with Gasteiger partial charge in [-0.05, 0) is 18.3 Å². The van der Waals surface area contributed by atoms with Crippen molar-refractivity contribution in [1.82, 2.24) is 0 Å². The molecular weight excluding hydrogens is 239 g/mol. The zero-order valence-corrected chi connectivity index (χ0v) is 10.7. The van der Waals surface area contributed by atoms with E-state index in [1.165, 1.54) is 6.42 Å². The molecule has 2 rings (SSSR count). The predicted molar refractivity (Wildman–Crippen MR) is 66.0 cm³/mol. The van der Waals surface area contributed by atoms with Crippen molar-refractivity contribution in [2.75, 3.05) is 5.32 Å². The van der Waals surface area contributed by atoms with Crippen LogP contribution in [0.25, 0.3) is 0 Å². The first-order chi connectivity index (χ1) is 8.40. The summed E-state index contributed by atoms with van der Waals surface area (Å²) in [4.78, 5) is 0.